The van der Waals surface area contributed by atoms with Gasteiger partial charge in [-0.2, -0.15) is 4.99 Å². The van der Waals surface area contributed by atoms with Gasteiger partial charge < -0.3 is 14.0 Å². The van der Waals surface area contributed by atoms with Crippen molar-refractivity contribution in [3.05, 3.63) is 58.6 Å². The van der Waals surface area contributed by atoms with E-state index in [1.54, 1.807) is 43.3 Å². The highest BCUT2D eigenvalue weighted by Gasteiger charge is 2.15. The summed E-state index contributed by atoms with van der Waals surface area (Å²) in [5.41, 5.74) is 0.586. The van der Waals surface area contributed by atoms with E-state index in [4.69, 9.17) is 9.47 Å². The molecule has 0 radical (unpaired) electrons. The van der Waals surface area contributed by atoms with Crippen LogP contribution in [0.3, 0.4) is 0 Å². The van der Waals surface area contributed by atoms with Gasteiger partial charge in [0.1, 0.15) is 18.1 Å². The Bertz CT molecular complexity index is 1070. The molecular formula is C20H19FN2O4S. The summed E-state index contributed by atoms with van der Waals surface area (Å²) in [5.74, 6) is -0.860. The number of carbonyl (C=O) groups is 2. The molecule has 0 aliphatic carbocycles. The number of carbonyl (C=O) groups excluding carboxylic acids is 2. The Morgan fingerprint density at radius 2 is 1.86 bits per heavy atom. The molecular weight excluding hydrogens is 383 g/mol. The third-order valence-electron chi connectivity index (χ3n) is 3.85. The third kappa shape index (κ3) is 4.28. The average molecular weight is 402 g/mol. The van der Waals surface area contributed by atoms with Gasteiger partial charge in [-0.05, 0) is 50.2 Å². The first-order chi connectivity index (χ1) is 13.5. The van der Waals surface area contributed by atoms with Gasteiger partial charge in [0.15, 0.2) is 4.80 Å². The van der Waals surface area contributed by atoms with Crippen molar-refractivity contribution in [2.45, 2.75) is 20.4 Å². The molecule has 0 aliphatic rings. The molecule has 28 heavy (non-hydrogen) atoms. The molecule has 6 nitrogen and oxygen atoms in total. The fourth-order valence-electron chi connectivity index (χ4n) is 2.67. The van der Waals surface area contributed by atoms with Crippen LogP contribution in [0.25, 0.3) is 10.2 Å². The molecule has 2 aromatic carbocycles. The van der Waals surface area contributed by atoms with Crippen LogP contribution in [-0.4, -0.2) is 29.7 Å². The minimum Gasteiger partial charge on any atom is -0.494 e. The normalized spacial score (nSPS) is 11.6. The van der Waals surface area contributed by atoms with Crippen molar-refractivity contribution >= 4 is 33.4 Å². The summed E-state index contributed by atoms with van der Waals surface area (Å²) in [5, 5.41) is 0. The Labute approximate surface area is 164 Å². The van der Waals surface area contributed by atoms with E-state index in [0.717, 1.165) is 11.3 Å². The van der Waals surface area contributed by atoms with Gasteiger partial charge >= 0.3 is 5.97 Å². The van der Waals surface area contributed by atoms with E-state index in [1.165, 1.54) is 10.6 Å². The van der Waals surface area contributed by atoms with Crippen molar-refractivity contribution in [1.29, 1.82) is 0 Å². The van der Waals surface area contributed by atoms with Gasteiger partial charge in [-0.15, -0.1) is 0 Å². The molecule has 3 rings (SSSR count). The second kappa shape index (κ2) is 8.79. The van der Waals surface area contributed by atoms with Crippen LogP contribution in [0.4, 0.5) is 4.39 Å². The summed E-state index contributed by atoms with van der Waals surface area (Å²) in [7, 11) is 0. The SMILES string of the molecule is CCOC(=O)Cn1c(=NC(=O)c2ccc(OCC)cc2)sc2cccc(F)c21. The van der Waals surface area contributed by atoms with E-state index in [-0.39, 0.29) is 23.5 Å². The number of hydrogen-bond donors (Lipinski definition) is 0. The van der Waals surface area contributed by atoms with Crippen molar-refractivity contribution in [2.75, 3.05) is 13.2 Å². The number of esters is 1. The van der Waals surface area contributed by atoms with Crippen LogP contribution < -0.4 is 9.54 Å². The Hall–Kier alpha value is -3.00. The number of halogens is 1. The molecule has 8 heteroatoms. The van der Waals surface area contributed by atoms with Crippen LogP contribution in [0.1, 0.15) is 24.2 Å². The maximum Gasteiger partial charge on any atom is 0.326 e. The lowest BCUT2D eigenvalue weighted by Crippen LogP contribution is -2.23. The van der Waals surface area contributed by atoms with Crippen LogP contribution in [0.15, 0.2) is 47.5 Å². The highest BCUT2D eigenvalue weighted by Crippen LogP contribution is 2.21. The molecule has 0 fully saturated rings. The Balaban J connectivity index is 2.04. The maximum atomic E-state index is 14.4. The number of nitrogens with zero attached hydrogens (tertiary/aromatic N) is 2. The van der Waals surface area contributed by atoms with Crippen molar-refractivity contribution in [2.24, 2.45) is 4.99 Å². The fraction of sp³-hybridized carbons (Fsp3) is 0.250. The summed E-state index contributed by atoms with van der Waals surface area (Å²) in [6, 6.07) is 11.2. The fourth-order valence-corrected chi connectivity index (χ4v) is 3.71. The molecule has 0 aliphatic heterocycles. The smallest absolute Gasteiger partial charge is 0.326 e. The van der Waals surface area contributed by atoms with Gasteiger partial charge in [0.25, 0.3) is 5.91 Å². The number of ether oxygens (including phenoxy) is 2. The molecule has 0 unspecified atom stereocenters. The Morgan fingerprint density at radius 1 is 1.11 bits per heavy atom. The number of aromatic nitrogens is 1. The lowest BCUT2D eigenvalue weighted by molar-refractivity contribution is -0.143. The first-order valence-corrected chi connectivity index (χ1v) is 9.60. The molecule has 0 N–H and O–H groups in total. The van der Waals surface area contributed by atoms with Gasteiger partial charge in [-0.25, -0.2) is 4.39 Å². The third-order valence-corrected chi connectivity index (χ3v) is 4.90. The van der Waals surface area contributed by atoms with Gasteiger partial charge in [-0.3, -0.25) is 9.59 Å². The first-order valence-electron chi connectivity index (χ1n) is 8.78. The van der Waals surface area contributed by atoms with Crippen molar-refractivity contribution in [1.82, 2.24) is 4.57 Å². The number of hydrogen-bond acceptors (Lipinski definition) is 5. The van der Waals surface area contributed by atoms with Gasteiger partial charge in [0, 0.05) is 5.56 Å². The predicted octanol–water partition coefficient (Wildman–Crippen LogP) is 3.54. The van der Waals surface area contributed by atoms with Crippen molar-refractivity contribution in [3.63, 3.8) is 0 Å². The van der Waals surface area contributed by atoms with Crippen LogP contribution >= 0.6 is 11.3 Å². The molecule has 1 amide bonds. The van der Waals surface area contributed by atoms with Crippen molar-refractivity contribution < 1.29 is 23.5 Å². The second-order valence-electron chi connectivity index (χ2n) is 5.74. The highest BCUT2D eigenvalue weighted by atomic mass is 32.1. The monoisotopic (exact) mass is 402 g/mol. The topological polar surface area (TPSA) is 69.9 Å². The minimum atomic E-state index is -0.527. The Kier molecular flexibility index (Phi) is 6.20. The lowest BCUT2D eigenvalue weighted by atomic mass is 10.2. The largest absolute Gasteiger partial charge is 0.494 e. The zero-order chi connectivity index (χ0) is 20.1. The molecule has 0 spiro atoms. The van der Waals surface area contributed by atoms with E-state index in [2.05, 4.69) is 4.99 Å². The summed E-state index contributed by atoms with van der Waals surface area (Å²) in [6.07, 6.45) is 0. The van der Waals surface area contributed by atoms with Crippen LogP contribution in [0, 0.1) is 5.82 Å². The summed E-state index contributed by atoms with van der Waals surface area (Å²) in [6.45, 7) is 4.07. The van der Waals surface area contributed by atoms with E-state index >= 15 is 0 Å². The van der Waals surface area contributed by atoms with Crippen LogP contribution in [0.5, 0.6) is 5.75 Å². The summed E-state index contributed by atoms with van der Waals surface area (Å²) >= 11 is 1.14. The van der Waals surface area contributed by atoms with Crippen LogP contribution in [-0.2, 0) is 16.1 Å². The van der Waals surface area contributed by atoms with Gasteiger partial charge in [-0.1, -0.05) is 17.4 Å². The Morgan fingerprint density at radius 3 is 2.54 bits per heavy atom. The van der Waals surface area contributed by atoms with E-state index in [1.807, 2.05) is 6.92 Å². The number of thiazole rings is 1. The predicted molar refractivity (Wildman–Crippen MR) is 104 cm³/mol. The molecule has 0 saturated heterocycles. The summed E-state index contributed by atoms with van der Waals surface area (Å²) < 4.78 is 26.7. The number of para-hydroxylation sites is 1. The lowest BCUT2D eigenvalue weighted by Gasteiger charge is -2.06. The quantitative estimate of drug-likeness (QED) is 0.592. The first kappa shape index (κ1) is 19.8. The summed E-state index contributed by atoms with van der Waals surface area (Å²) in [4.78, 5) is 28.9. The molecule has 0 bridgehead atoms. The zero-order valence-electron chi connectivity index (χ0n) is 15.5. The van der Waals surface area contributed by atoms with Crippen molar-refractivity contribution in [3.8, 4) is 5.75 Å². The number of rotatable bonds is 6. The molecule has 3 aromatic rings. The number of fused-ring (bicyclic) bond motifs is 1. The second-order valence-corrected chi connectivity index (χ2v) is 6.75. The molecule has 146 valence electrons. The number of benzene rings is 2. The van der Waals surface area contributed by atoms with E-state index < -0.39 is 17.7 Å². The van der Waals surface area contributed by atoms with Gasteiger partial charge in [0.05, 0.1) is 23.4 Å². The van der Waals surface area contributed by atoms with Crippen LogP contribution in [0.2, 0.25) is 0 Å². The van der Waals surface area contributed by atoms with E-state index in [0.29, 0.717) is 22.6 Å². The number of amides is 1. The molecule has 1 heterocycles. The maximum absolute atomic E-state index is 14.4. The standard InChI is InChI=1S/C20H19FN2O4S/c1-3-26-14-10-8-13(9-11-14)19(25)22-20-23(12-17(24)27-4-2)18-15(21)6-5-7-16(18)28-20/h5-11H,3-4,12H2,1-2H3. The molecule has 1 aromatic heterocycles. The molecule has 0 saturated carbocycles. The highest BCUT2D eigenvalue weighted by molar-refractivity contribution is 7.16. The van der Waals surface area contributed by atoms with Gasteiger partial charge in [0.2, 0.25) is 0 Å². The average Bonchev–Trinajstić information content (AvgIpc) is 3.01. The zero-order valence-corrected chi connectivity index (χ0v) is 16.3. The van der Waals surface area contributed by atoms with E-state index in [9.17, 15) is 14.0 Å². The molecule has 0 atom stereocenters. The minimum absolute atomic E-state index is 0.210.